The highest BCUT2D eigenvalue weighted by Gasteiger charge is 2.30. The average Bonchev–Trinajstić information content (AvgIpc) is 3.47. The molecule has 3 aromatic carbocycles. The fourth-order valence-electron chi connectivity index (χ4n) is 5.67. The summed E-state index contributed by atoms with van der Waals surface area (Å²) in [5.74, 6) is 0.687. The van der Waals surface area contributed by atoms with Gasteiger partial charge in [-0.3, -0.25) is 9.69 Å². The first-order chi connectivity index (χ1) is 20.3. The van der Waals surface area contributed by atoms with E-state index in [9.17, 15) is 4.79 Å². The Morgan fingerprint density at radius 2 is 1.45 bits per heavy atom. The number of hydrogen-bond acceptors (Lipinski definition) is 5. The zero-order chi connectivity index (χ0) is 29.3. The number of rotatable bonds is 6. The SMILES string of the molecule is COc1cccc(-c2cc(C(=O)N3CCN(C(c4ccccc4)c4ccccc4)CC3)nc3cc(C(C)(C)C)nn23)c1. The van der Waals surface area contributed by atoms with Crippen LogP contribution < -0.4 is 4.74 Å². The summed E-state index contributed by atoms with van der Waals surface area (Å²) in [6.07, 6.45) is 0. The van der Waals surface area contributed by atoms with E-state index >= 15 is 0 Å². The van der Waals surface area contributed by atoms with Gasteiger partial charge in [0.05, 0.1) is 24.5 Å². The zero-order valence-corrected chi connectivity index (χ0v) is 24.7. The summed E-state index contributed by atoms with van der Waals surface area (Å²) in [4.78, 5) is 23.2. The highest BCUT2D eigenvalue weighted by molar-refractivity contribution is 5.94. The fraction of sp³-hybridized carbons (Fsp3) is 0.286. The summed E-state index contributed by atoms with van der Waals surface area (Å²) in [6, 6.07) is 33.1. The Morgan fingerprint density at radius 3 is 2.05 bits per heavy atom. The van der Waals surface area contributed by atoms with Gasteiger partial charge in [0.25, 0.3) is 5.91 Å². The van der Waals surface area contributed by atoms with Crippen LogP contribution in [-0.4, -0.2) is 63.6 Å². The van der Waals surface area contributed by atoms with Crippen molar-refractivity contribution in [3.8, 4) is 17.0 Å². The molecule has 1 fully saturated rings. The normalized spacial score (nSPS) is 14.5. The van der Waals surface area contributed by atoms with Gasteiger partial charge in [0.1, 0.15) is 11.4 Å². The molecule has 7 heteroatoms. The number of methoxy groups -OCH3 is 1. The summed E-state index contributed by atoms with van der Waals surface area (Å²) in [5.41, 5.74) is 6.09. The Morgan fingerprint density at radius 1 is 0.810 bits per heavy atom. The smallest absolute Gasteiger partial charge is 0.272 e. The first-order valence-corrected chi connectivity index (χ1v) is 14.5. The van der Waals surface area contributed by atoms with Crippen LogP contribution in [0, 0.1) is 0 Å². The number of carbonyl (C=O) groups excluding carboxylic acids is 1. The van der Waals surface area contributed by atoms with E-state index in [-0.39, 0.29) is 17.4 Å². The molecule has 1 aliphatic heterocycles. The maximum absolute atomic E-state index is 14.0. The molecule has 1 aliphatic rings. The van der Waals surface area contributed by atoms with Crippen molar-refractivity contribution in [3.05, 3.63) is 120 Å². The van der Waals surface area contributed by atoms with Gasteiger partial charge in [0, 0.05) is 43.2 Å². The molecule has 42 heavy (non-hydrogen) atoms. The minimum absolute atomic E-state index is 0.0595. The van der Waals surface area contributed by atoms with E-state index in [2.05, 4.69) is 86.3 Å². The highest BCUT2D eigenvalue weighted by atomic mass is 16.5. The van der Waals surface area contributed by atoms with E-state index < -0.39 is 0 Å². The molecule has 0 atom stereocenters. The Hall–Kier alpha value is -4.49. The first-order valence-electron chi connectivity index (χ1n) is 14.5. The molecule has 0 radical (unpaired) electrons. The van der Waals surface area contributed by atoms with E-state index in [0.717, 1.165) is 35.8 Å². The molecule has 5 aromatic rings. The van der Waals surface area contributed by atoms with Crippen LogP contribution in [0.2, 0.25) is 0 Å². The Kier molecular flexibility index (Phi) is 7.52. The van der Waals surface area contributed by atoms with Crippen LogP contribution in [-0.2, 0) is 5.41 Å². The Balaban J connectivity index is 1.30. The number of hydrogen-bond donors (Lipinski definition) is 0. The molecule has 0 bridgehead atoms. The van der Waals surface area contributed by atoms with E-state index in [4.69, 9.17) is 14.8 Å². The van der Waals surface area contributed by atoms with Gasteiger partial charge in [-0.1, -0.05) is 93.6 Å². The van der Waals surface area contributed by atoms with Gasteiger partial charge in [-0.2, -0.15) is 5.10 Å². The van der Waals surface area contributed by atoms with Crippen molar-refractivity contribution in [2.24, 2.45) is 0 Å². The van der Waals surface area contributed by atoms with Gasteiger partial charge in [0.2, 0.25) is 0 Å². The van der Waals surface area contributed by atoms with Crippen molar-refractivity contribution in [2.75, 3.05) is 33.3 Å². The predicted octanol–water partition coefficient (Wildman–Crippen LogP) is 6.25. The second-order valence-electron chi connectivity index (χ2n) is 11.9. The Bertz CT molecular complexity index is 1640. The number of benzene rings is 3. The molecular formula is C35H37N5O2. The summed E-state index contributed by atoms with van der Waals surface area (Å²) in [5, 5.41) is 4.90. The molecule has 0 unspecified atom stereocenters. The predicted molar refractivity (Wildman–Crippen MR) is 166 cm³/mol. The number of fused-ring (bicyclic) bond motifs is 1. The molecule has 0 aliphatic carbocycles. The summed E-state index contributed by atoms with van der Waals surface area (Å²) in [6.45, 7) is 9.18. The van der Waals surface area contributed by atoms with Gasteiger partial charge in [-0.05, 0) is 29.3 Å². The standard InChI is InChI=1S/C35H37N5O2/c1-35(2,3)31-24-32-36-29(23-30(40(32)37-31)27-16-11-17-28(22-27)42-4)34(41)39-20-18-38(19-21-39)33(25-12-7-5-8-13-25)26-14-9-6-10-15-26/h5-17,22-24,33H,18-21H2,1-4H3. The molecule has 1 saturated heterocycles. The second-order valence-corrected chi connectivity index (χ2v) is 11.9. The van der Waals surface area contributed by atoms with Crippen molar-refractivity contribution in [1.82, 2.24) is 24.4 Å². The summed E-state index contributed by atoms with van der Waals surface area (Å²) < 4.78 is 7.33. The van der Waals surface area contributed by atoms with Gasteiger partial charge in [-0.25, -0.2) is 9.50 Å². The number of amides is 1. The van der Waals surface area contributed by atoms with Crippen LogP contribution >= 0.6 is 0 Å². The number of nitrogens with zero attached hydrogens (tertiary/aromatic N) is 5. The summed E-state index contributed by atoms with van der Waals surface area (Å²) in [7, 11) is 1.65. The number of aromatic nitrogens is 3. The molecule has 3 heterocycles. The molecule has 0 saturated carbocycles. The number of piperazine rings is 1. The lowest BCUT2D eigenvalue weighted by atomic mass is 9.93. The third-order valence-corrected chi connectivity index (χ3v) is 7.98. The second kappa shape index (κ2) is 11.4. The molecule has 0 N–H and O–H groups in total. The van der Waals surface area contributed by atoms with E-state index in [1.54, 1.807) is 7.11 Å². The monoisotopic (exact) mass is 559 g/mol. The highest BCUT2D eigenvalue weighted by Crippen LogP contribution is 2.31. The van der Waals surface area contributed by atoms with E-state index in [1.165, 1.54) is 11.1 Å². The third kappa shape index (κ3) is 5.52. The fourth-order valence-corrected chi connectivity index (χ4v) is 5.67. The van der Waals surface area contributed by atoms with Crippen LogP contribution in [0.4, 0.5) is 0 Å². The molecule has 214 valence electrons. The maximum Gasteiger partial charge on any atom is 0.272 e. The molecule has 7 nitrogen and oxygen atoms in total. The number of carbonyl (C=O) groups is 1. The minimum Gasteiger partial charge on any atom is -0.497 e. The van der Waals surface area contributed by atoms with Crippen LogP contribution in [0.15, 0.2) is 97.1 Å². The summed E-state index contributed by atoms with van der Waals surface area (Å²) >= 11 is 0. The van der Waals surface area contributed by atoms with Crippen molar-refractivity contribution in [1.29, 1.82) is 0 Å². The van der Waals surface area contributed by atoms with Crippen molar-refractivity contribution in [3.63, 3.8) is 0 Å². The lowest BCUT2D eigenvalue weighted by Crippen LogP contribution is -2.50. The van der Waals surface area contributed by atoms with Crippen molar-refractivity contribution >= 4 is 11.6 Å². The lowest BCUT2D eigenvalue weighted by Gasteiger charge is -2.39. The first kappa shape index (κ1) is 27.7. The topological polar surface area (TPSA) is 63.0 Å². The molecule has 2 aromatic heterocycles. The van der Waals surface area contributed by atoms with Crippen LogP contribution in [0.5, 0.6) is 5.75 Å². The van der Waals surface area contributed by atoms with Gasteiger partial charge < -0.3 is 9.64 Å². The lowest BCUT2D eigenvalue weighted by molar-refractivity contribution is 0.0592. The van der Waals surface area contributed by atoms with Crippen LogP contribution in [0.25, 0.3) is 16.9 Å². The third-order valence-electron chi connectivity index (χ3n) is 7.98. The zero-order valence-electron chi connectivity index (χ0n) is 24.7. The minimum atomic E-state index is -0.159. The van der Waals surface area contributed by atoms with Crippen molar-refractivity contribution < 1.29 is 9.53 Å². The van der Waals surface area contributed by atoms with E-state index in [1.807, 2.05) is 45.8 Å². The quantitative estimate of drug-likeness (QED) is 0.246. The maximum atomic E-state index is 14.0. The largest absolute Gasteiger partial charge is 0.497 e. The van der Waals surface area contributed by atoms with Gasteiger partial charge >= 0.3 is 0 Å². The molecule has 1 amide bonds. The van der Waals surface area contributed by atoms with Crippen LogP contribution in [0.3, 0.4) is 0 Å². The Labute approximate surface area is 247 Å². The van der Waals surface area contributed by atoms with Crippen LogP contribution in [0.1, 0.15) is 54.1 Å². The van der Waals surface area contributed by atoms with Gasteiger partial charge in [-0.15, -0.1) is 0 Å². The van der Waals surface area contributed by atoms with Crippen molar-refractivity contribution in [2.45, 2.75) is 32.2 Å². The molecular weight excluding hydrogens is 522 g/mol. The number of ether oxygens (including phenoxy) is 1. The average molecular weight is 560 g/mol. The van der Waals surface area contributed by atoms with Gasteiger partial charge in [0.15, 0.2) is 5.65 Å². The molecule has 6 rings (SSSR count). The van der Waals surface area contributed by atoms with E-state index in [0.29, 0.717) is 24.4 Å². The molecule has 0 spiro atoms.